The Kier molecular flexibility index (Phi) is 6.87. The van der Waals surface area contributed by atoms with Crippen molar-refractivity contribution in [2.45, 2.75) is 38.1 Å². The van der Waals surface area contributed by atoms with Crippen molar-refractivity contribution in [2.75, 3.05) is 26.7 Å². The largest absolute Gasteiger partial charge is 0.393 e. The van der Waals surface area contributed by atoms with Gasteiger partial charge in [0, 0.05) is 33.0 Å². The van der Waals surface area contributed by atoms with E-state index in [9.17, 15) is 9.59 Å². The van der Waals surface area contributed by atoms with Crippen molar-refractivity contribution in [2.24, 2.45) is 11.5 Å². The summed E-state index contributed by atoms with van der Waals surface area (Å²) < 4.78 is 0. The topological polar surface area (TPSA) is 92.7 Å². The highest BCUT2D eigenvalue weighted by Crippen LogP contribution is 2.17. The molecule has 0 aromatic rings. The van der Waals surface area contributed by atoms with Crippen molar-refractivity contribution in [3.05, 3.63) is 0 Å². The summed E-state index contributed by atoms with van der Waals surface area (Å²) in [5.41, 5.74) is 10.8. The van der Waals surface area contributed by atoms with Crippen molar-refractivity contribution in [3.63, 3.8) is 0 Å². The highest BCUT2D eigenvalue weighted by molar-refractivity contribution is 7.80. The van der Waals surface area contributed by atoms with E-state index in [0.717, 1.165) is 25.8 Å². The molecular weight excluding hydrogens is 276 g/mol. The molecule has 0 aliphatic carbocycles. The number of amides is 2. The molecule has 2 amide bonds. The van der Waals surface area contributed by atoms with Gasteiger partial charge < -0.3 is 16.4 Å². The summed E-state index contributed by atoms with van der Waals surface area (Å²) in [7, 11) is 1.74. The van der Waals surface area contributed by atoms with Crippen LogP contribution in [0.2, 0.25) is 0 Å². The van der Waals surface area contributed by atoms with Gasteiger partial charge in [-0.15, -0.1) is 0 Å². The smallest absolute Gasteiger partial charge is 0.234 e. The van der Waals surface area contributed by atoms with Crippen LogP contribution in [0.15, 0.2) is 0 Å². The SMILES string of the molecule is CN(CCC(N)=S)C(=O)CCN1CCCCC1C(N)=O. The molecule has 1 rings (SSSR count). The number of hydrogen-bond donors (Lipinski definition) is 2. The molecule has 0 spiro atoms. The average Bonchev–Trinajstić information content (AvgIpc) is 2.42. The zero-order chi connectivity index (χ0) is 15.1. The standard InChI is InChI=1S/C13H24N4O2S/c1-16(8-5-11(14)20)12(18)6-9-17-7-3-2-4-10(17)13(15)19/h10H,2-9H2,1H3,(H2,14,20)(H2,15,19). The van der Waals surface area contributed by atoms with Gasteiger partial charge in [-0.2, -0.15) is 0 Å². The molecule has 1 aliphatic heterocycles. The van der Waals surface area contributed by atoms with Gasteiger partial charge in [-0.1, -0.05) is 18.6 Å². The highest BCUT2D eigenvalue weighted by Gasteiger charge is 2.27. The molecule has 1 saturated heterocycles. The van der Waals surface area contributed by atoms with Crippen molar-refractivity contribution in [3.8, 4) is 0 Å². The molecule has 1 heterocycles. The summed E-state index contributed by atoms with van der Waals surface area (Å²) in [6.45, 7) is 1.94. The molecule has 4 N–H and O–H groups in total. The monoisotopic (exact) mass is 300 g/mol. The summed E-state index contributed by atoms with van der Waals surface area (Å²) in [6, 6.07) is -0.224. The van der Waals surface area contributed by atoms with E-state index in [1.807, 2.05) is 4.90 Å². The van der Waals surface area contributed by atoms with Gasteiger partial charge >= 0.3 is 0 Å². The second-order valence-corrected chi connectivity index (χ2v) is 5.76. The van der Waals surface area contributed by atoms with E-state index in [4.69, 9.17) is 23.7 Å². The van der Waals surface area contributed by atoms with E-state index < -0.39 is 0 Å². The number of hydrogen-bond acceptors (Lipinski definition) is 4. The number of nitrogens with two attached hydrogens (primary N) is 2. The highest BCUT2D eigenvalue weighted by atomic mass is 32.1. The first-order chi connectivity index (χ1) is 9.41. The number of carbonyl (C=O) groups excluding carboxylic acids is 2. The maximum atomic E-state index is 12.0. The zero-order valence-electron chi connectivity index (χ0n) is 12.0. The predicted octanol–water partition coefficient (Wildman–Crippen LogP) is -0.149. The minimum Gasteiger partial charge on any atom is -0.393 e. The van der Waals surface area contributed by atoms with Gasteiger partial charge in [-0.25, -0.2) is 0 Å². The Morgan fingerprint density at radius 1 is 1.30 bits per heavy atom. The Balaban J connectivity index is 2.38. The van der Waals surface area contributed by atoms with Gasteiger partial charge in [0.15, 0.2) is 0 Å². The quantitative estimate of drug-likeness (QED) is 0.638. The second-order valence-electron chi connectivity index (χ2n) is 5.23. The third-order valence-electron chi connectivity index (χ3n) is 3.67. The van der Waals surface area contributed by atoms with E-state index in [2.05, 4.69) is 0 Å². The van der Waals surface area contributed by atoms with Gasteiger partial charge in [0.25, 0.3) is 0 Å². The van der Waals surface area contributed by atoms with E-state index >= 15 is 0 Å². The Hall–Kier alpha value is -1.21. The summed E-state index contributed by atoms with van der Waals surface area (Å²) in [5.74, 6) is -0.256. The van der Waals surface area contributed by atoms with Crippen LogP contribution in [-0.2, 0) is 9.59 Å². The molecular formula is C13H24N4O2S. The molecule has 0 aromatic heterocycles. The lowest BCUT2D eigenvalue weighted by atomic mass is 10.0. The van der Waals surface area contributed by atoms with Gasteiger partial charge in [-0.3, -0.25) is 14.5 Å². The lowest BCUT2D eigenvalue weighted by Gasteiger charge is -2.33. The van der Waals surface area contributed by atoms with Crippen LogP contribution in [0.3, 0.4) is 0 Å². The van der Waals surface area contributed by atoms with E-state index in [0.29, 0.717) is 30.9 Å². The third-order valence-corrected chi connectivity index (χ3v) is 3.88. The zero-order valence-corrected chi connectivity index (χ0v) is 12.8. The van der Waals surface area contributed by atoms with Crippen molar-refractivity contribution < 1.29 is 9.59 Å². The van der Waals surface area contributed by atoms with Gasteiger partial charge in [0.05, 0.1) is 11.0 Å². The Morgan fingerprint density at radius 3 is 2.60 bits per heavy atom. The lowest BCUT2D eigenvalue weighted by Crippen LogP contribution is -2.48. The minimum atomic E-state index is -0.293. The first-order valence-electron chi connectivity index (χ1n) is 6.97. The molecule has 1 unspecified atom stereocenters. The number of thiocarbonyl (C=S) groups is 1. The molecule has 7 heteroatoms. The first kappa shape index (κ1) is 16.8. The Bertz CT molecular complexity index is 375. The lowest BCUT2D eigenvalue weighted by molar-refractivity contribution is -0.131. The van der Waals surface area contributed by atoms with Crippen LogP contribution in [0.4, 0.5) is 0 Å². The van der Waals surface area contributed by atoms with E-state index in [1.165, 1.54) is 0 Å². The molecule has 0 radical (unpaired) electrons. The number of primary amides is 1. The summed E-state index contributed by atoms with van der Waals surface area (Å²) in [4.78, 5) is 27.4. The molecule has 0 bridgehead atoms. The predicted molar refractivity (Wildman–Crippen MR) is 82.1 cm³/mol. The van der Waals surface area contributed by atoms with Gasteiger partial charge in [-0.05, 0) is 19.4 Å². The summed E-state index contributed by atoms with van der Waals surface area (Å²) in [6.07, 6.45) is 3.78. The van der Waals surface area contributed by atoms with Crippen LogP contribution < -0.4 is 11.5 Å². The normalized spacial score (nSPS) is 19.6. The van der Waals surface area contributed by atoms with Gasteiger partial charge in [0.1, 0.15) is 0 Å². The van der Waals surface area contributed by atoms with Crippen LogP contribution in [0.5, 0.6) is 0 Å². The Labute approximate surface area is 125 Å². The van der Waals surface area contributed by atoms with Crippen molar-refractivity contribution in [1.29, 1.82) is 0 Å². The number of nitrogens with zero attached hydrogens (tertiary/aromatic N) is 2. The number of carbonyl (C=O) groups is 2. The van der Waals surface area contributed by atoms with Crippen LogP contribution in [0.1, 0.15) is 32.1 Å². The fourth-order valence-corrected chi connectivity index (χ4v) is 2.50. The molecule has 0 saturated carbocycles. The Morgan fingerprint density at radius 2 is 2.00 bits per heavy atom. The van der Waals surface area contributed by atoms with Crippen LogP contribution in [0, 0.1) is 0 Å². The van der Waals surface area contributed by atoms with Crippen molar-refractivity contribution in [1.82, 2.24) is 9.80 Å². The maximum absolute atomic E-state index is 12.0. The number of piperidine rings is 1. The summed E-state index contributed by atoms with van der Waals surface area (Å²) >= 11 is 4.79. The fourth-order valence-electron chi connectivity index (χ4n) is 2.41. The van der Waals surface area contributed by atoms with E-state index in [1.54, 1.807) is 11.9 Å². The molecule has 114 valence electrons. The van der Waals surface area contributed by atoms with Crippen molar-refractivity contribution >= 4 is 29.0 Å². The van der Waals surface area contributed by atoms with E-state index in [-0.39, 0.29) is 17.9 Å². The molecule has 1 aliphatic rings. The molecule has 1 atom stereocenters. The number of likely N-dealkylation sites (tertiary alicyclic amines) is 1. The fraction of sp³-hybridized carbons (Fsp3) is 0.769. The molecule has 20 heavy (non-hydrogen) atoms. The summed E-state index contributed by atoms with van der Waals surface area (Å²) in [5, 5.41) is 0. The minimum absolute atomic E-state index is 0.0371. The maximum Gasteiger partial charge on any atom is 0.234 e. The molecule has 6 nitrogen and oxygen atoms in total. The number of rotatable bonds is 7. The van der Waals surface area contributed by atoms with Crippen LogP contribution in [-0.4, -0.2) is 59.3 Å². The van der Waals surface area contributed by atoms with Crippen LogP contribution in [0.25, 0.3) is 0 Å². The third kappa shape index (κ3) is 5.42. The second kappa shape index (κ2) is 8.16. The average molecular weight is 300 g/mol. The van der Waals surface area contributed by atoms with Gasteiger partial charge in [0.2, 0.25) is 11.8 Å². The molecule has 1 fully saturated rings. The van der Waals surface area contributed by atoms with Crippen LogP contribution >= 0.6 is 12.2 Å². The molecule has 0 aromatic carbocycles. The first-order valence-corrected chi connectivity index (χ1v) is 7.38.